The third-order valence-electron chi connectivity index (χ3n) is 5.48. The Bertz CT molecular complexity index is 821. The van der Waals surface area contributed by atoms with Gasteiger partial charge in [0.2, 0.25) is 5.76 Å². The predicted octanol–water partition coefficient (Wildman–Crippen LogP) is 1.78. The minimum Gasteiger partial charge on any atom is -0.391 e. The third-order valence-corrected chi connectivity index (χ3v) is 5.48. The van der Waals surface area contributed by atoms with E-state index in [1.807, 2.05) is 0 Å². The maximum absolute atomic E-state index is 13.4. The molecule has 0 saturated carbocycles. The summed E-state index contributed by atoms with van der Waals surface area (Å²) in [6.45, 7) is 3.94. The van der Waals surface area contributed by atoms with Gasteiger partial charge in [-0.1, -0.05) is 17.3 Å². The summed E-state index contributed by atoms with van der Waals surface area (Å²) >= 11 is 0. The molecule has 2 aliphatic rings. The first-order chi connectivity index (χ1) is 13.6. The molecule has 1 aromatic carbocycles. The van der Waals surface area contributed by atoms with Crippen LogP contribution in [0.15, 0.2) is 34.9 Å². The zero-order valence-corrected chi connectivity index (χ0v) is 15.6. The van der Waals surface area contributed by atoms with Crippen molar-refractivity contribution in [2.24, 2.45) is 0 Å². The Morgan fingerprint density at radius 1 is 1.14 bits per heavy atom. The largest absolute Gasteiger partial charge is 0.391 e. The molecule has 1 amide bonds. The highest BCUT2D eigenvalue weighted by Gasteiger charge is 2.33. The second-order valence-corrected chi connectivity index (χ2v) is 7.24. The van der Waals surface area contributed by atoms with Gasteiger partial charge in [-0.15, -0.1) is 0 Å². The second-order valence-electron chi connectivity index (χ2n) is 7.24. The number of hydrogen-bond donors (Lipinski definition) is 1. The van der Waals surface area contributed by atoms with E-state index in [1.54, 1.807) is 17.0 Å². The molecule has 0 aliphatic carbocycles. The molecule has 1 N–H and O–H groups in total. The average molecular weight is 389 g/mol. The van der Waals surface area contributed by atoms with Crippen LogP contribution in [-0.4, -0.2) is 77.5 Å². The molecule has 0 spiro atoms. The molecule has 2 atom stereocenters. The minimum absolute atomic E-state index is 0.0271. The highest BCUT2D eigenvalue weighted by atomic mass is 19.1. The van der Waals surface area contributed by atoms with Crippen LogP contribution in [0, 0.1) is 5.82 Å². The number of carbonyl (C=O) groups is 1. The quantitative estimate of drug-likeness (QED) is 0.862. The summed E-state index contributed by atoms with van der Waals surface area (Å²) in [6.07, 6.45) is 0.727. The van der Waals surface area contributed by atoms with Crippen molar-refractivity contribution in [2.75, 3.05) is 39.4 Å². The highest BCUT2D eigenvalue weighted by molar-refractivity contribution is 5.92. The number of halogens is 1. The van der Waals surface area contributed by atoms with E-state index < -0.39 is 6.10 Å². The molecular formula is C20H24FN3O4. The van der Waals surface area contributed by atoms with Crippen molar-refractivity contribution >= 4 is 5.91 Å². The number of aliphatic hydroxyl groups is 1. The van der Waals surface area contributed by atoms with Crippen LogP contribution in [0.5, 0.6) is 0 Å². The van der Waals surface area contributed by atoms with Crippen LogP contribution in [0.1, 0.15) is 23.4 Å². The first-order valence-electron chi connectivity index (χ1n) is 9.63. The molecule has 0 unspecified atom stereocenters. The molecule has 2 aliphatic heterocycles. The fourth-order valence-electron chi connectivity index (χ4n) is 3.93. The lowest BCUT2D eigenvalue weighted by molar-refractivity contribution is -0.0222. The standard InChI is InChI=1S/C20H24FN3O4/c21-15-3-1-2-14(12-15)16-13-19(28-22-16)20(26)24-6-4-17(18(25)5-7-24)23-8-10-27-11-9-23/h1-3,12-13,17-18,25H,4-11H2/t17-,18-/m0/s1. The number of aliphatic hydroxyl groups excluding tert-OH is 1. The summed E-state index contributed by atoms with van der Waals surface area (Å²) < 4.78 is 24.0. The Balaban J connectivity index is 1.44. The molecule has 0 radical (unpaired) electrons. The Hall–Kier alpha value is -2.29. The topological polar surface area (TPSA) is 79.0 Å². The van der Waals surface area contributed by atoms with Crippen LogP contribution < -0.4 is 0 Å². The van der Waals surface area contributed by atoms with Gasteiger partial charge in [-0.25, -0.2) is 4.39 Å². The molecule has 4 rings (SSSR count). The molecule has 8 heteroatoms. The van der Waals surface area contributed by atoms with Crippen molar-refractivity contribution in [3.63, 3.8) is 0 Å². The van der Waals surface area contributed by atoms with Crippen LogP contribution in [0.3, 0.4) is 0 Å². The summed E-state index contributed by atoms with van der Waals surface area (Å²) in [5.74, 6) is -0.507. The highest BCUT2D eigenvalue weighted by Crippen LogP contribution is 2.23. The van der Waals surface area contributed by atoms with Gasteiger partial charge in [-0.05, 0) is 25.0 Å². The van der Waals surface area contributed by atoms with Gasteiger partial charge < -0.3 is 19.3 Å². The number of carbonyl (C=O) groups excluding carboxylic acids is 1. The van der Waals surface area contributed by atoms with Crippen molar-refractivity contribution in [1.29, 1.82) is 0 Å². The van der Waals surface area contributed by atoms with Crippen molar-refractivity contribution in [3.8, 4) is 11.3 Å². The van der Waals surface area contributed by atoms with E-state index in [2.05, 4.69) is 10.1 Å². The van der Waals surface area contributed by atoms with E-state index in [0.29, 0.717) is 50.4 Å². The molecule has 150 valence electrons. The van der Waals surface area contributed by atoms with E-state index in [0.717, 1.165) is 13.1 Å². The molecule has 0 bridgehead atoms. The lowest BCUT2D eigenvalue weighted by Crippen LogP contribution is -2.49. The molecule has 28 heavy (non-hydrogen) atoms. The molecule has 2 fully saturated rings. The number of ether oxygens (including phenoxy) is 1. The Labute approximate surface area is 162 Å². The molecule has 1 aromatic heterocycles. The van der Waals surface area contributed by atoms with E-state index in [9.17, 15) is 14.3 Å². The fourth-order valence-corrected chi connectivity index (χ4v) is 3.93. The minimum atomic E-state index is -0.478. The van der Waals surface area contributed by atoms with Crippen LogP contribution in [0.4, 0.5) is 4.39 Å². The number of aromatic nitrogens is 1. The zero-order valence-electron chi connectivity index (χ0n) is 15.6. The number of morpholine rings is 1. The van der Waals surface area contributed by atoms with Gasteiger partial charge in [-0.2, -0.15) is 0 Å². The Morgan fingerprint density at radius 3 is 2.71 bits per heavy atom. The van der Waals surface area contributed by atoms with Gasteiger partial charge in [0.05, 0.1) is 19.3 Å². The molecule has 2 aromatic rings. The summed E-state index contributed by atoms with van der Waals surface area (Å²) in [5, 5.41) is 14.5. The van der Waals surface area contributed by atoms with E-state index >= 15 is 0 Å². The number of rotatable bonds is 3. The number of nitrogens with zero attached hydrogens (tertiary/aromatic N) is 3. The molecular weight excluding hydrogens is 365 g/mol. The molecule has 2 saturated heterocycles. The van der Waals surface area contributed by atoms with Crippen molar-refractivity contribution < 1.29 is 23.6 Å². The molecule has 3 heterocycles. The van der Waals surface area contributed by atoms with E-state index in [4.69, 9.17) is 9.26 Å². The second kappa shape index (κ2) is 8.38. The summed E-state index contributed by atoms with van der Waals surface area (Å²) in [7, 11) is 0. The number of benzene rings is 1. The molecule has 7 nitrogen and oxygen atoms in total. The van der Waals surface area contributed by atoms with Crippen LogP contribution >= 0.6 is 0 Å². The first kappa shape index (κ1) is 19.0. The predicted molar refractivity (Wildman–Crippen MR) is 99.2 cm³/mol. The van der Waals surface area contributed by atoms with Gasteiger partial charge in [-0.3, -0.25) is 9.69 Å². The normalized spacial score (nSPS) is 24.1. The fraction of sp³-hybridized carbons (Fsp3) is 0.500. The van der Waals surface area contributed by atoms with Crippen LogP contribution in [0.25, 0.3) is 11.3 Å². The summed E-state index contributed by atoms with van der Waals surface area (Å²) in [4.78, 5) is 16.8. The summed E-state index contributed by atoms with van der Waals surface area (Å²) in [6, 6.07) is 7.56. The number of likely N-dealkylation sites (tertiary alicyclic amines) is 1. The van der Waals surface area contributed by atoms with Gasteiger partial charge in [0.25, 0.3) is 5.91 Å². The number of hydrogen-bond acceptors (Lipinski definition) is 6. The van der Waals surface area contributed by atoms with Crippen molar-refractivity contribution in [1.82, 2.24) is 15.0 Å². The van der Waals surface area contributed by atoms with Gasteiger partial charge in [0.1, 0.15) is 11.5 Å². The summed E-state index contributed by atoms with van der Waals surface area (Å²) in [5.41, 5.74) is 0.977. The Morgan fingerprint density at radius 2 is 1.93 bits per heavy atom. The van der Waals surface area contributed by atoms with Gasteiger partial charge in [0.15, 0.2) is 0 Å². The maximum Gasteiger partial charge on any atom is 0.292 e. The van der Waals surface area contributed by atoms with Crippen LogP contribution in [0.2, 0.25) is 0 Å². The number of amides is 1. The lowest BCUT2D eigenvalue weighted by Gasteiger charge is -2.36. The SMILES string of the molecule is O=C(c1cc(-c2cccc(F)c2)no1)N1CC[C@H](O)[C@@H](N2CCOCC2)CC1. The van der Waals surface area contributed by atoms with Gasteiger partial charge >= 0.3 is 0 Å². The van der Waals surface area contributed by atoms with Crippen molar-refractivity contribution in [3.05, 3.63) is 41.9 Å². The monoisotopic (exact) mass is 389 g/mol. The van der Waals surface area contributed by atoms with E-state index in [-0.39, 0.29) is 23.5 Å². The zero-order chi connectivity index (χ0) is 19.5. The van der Waals surface area contributed by atoms with Crippen LogP contribution in [-0.2, 0) is 4.74 Å². The first-order valence-corrected chi connectivity index (χ1v) is 9.63. The van der Waals surface area contributed by atoms with E-state index in [1.165, 1.54) is 18.2 Å². The van der Waals surface area contributed by atoms with Gasteiger partial charge in [0, 0.05) is 43.9 Å². The Kier molecular flexibility index (Phi) is 5.70. The lowest BCUT2D eigenvalue weighted by atomic mass is 10.0. The third kappa shape index (κ3) is 4.09. The maximum atomic E-state index is 13.4. The average Bonchev–Trinajstić information content (AvgIpc) is 3.13. The van der Waals surface area contributed by atoms with Crippen molar-refractivity contribution in [2.45, 2.75) is 25.0 Å². The smallest absolute Gasteiger partial charge is 0.292 e.